The standard InChI is InChI=1S/C8H10N2O2S/c1-2-6(7(11)12)13-8-9-4-3-5-10-8/h3-6H,2H2,1H3,(H,11,12). The average Bonchev–Trinajstić information content (AvgIpc) is 2.15. The van der Waals surface area contributed by atoms with E-state index in [1.54, 1.807) is 18.5 Å². The van der Waals surface area contributed by atoms with Crippen LogP contribution >= 0.6 is 11.8 Å². The third-order valence-corrected chi connectivity index (χ3v) is 2.68. The lowest BCUT2D eigenvalue weighted by molar-refractivity contribution is -0.136. The zero-order valence-corrected chi connectivity index (χ0v) is 7.99. The third-order valence-electron chi connectivity index (χ3n) is 1.44. The minimum absolute atomic E-state index is 0.456. The molecule has 1 N–H and O–H groups in total. The van der Waals surface area contributed by atoms with Crippen LogP contribution in [0.25, 0.3) is 0 Å². The molecule has 1 atom stereocenters. The quantitative estimate of drug-likeness (QED) is 0.585. The van der Waals surface area contributed by atoms with Crippen molar-refractivity contribution in [3.63, 3.8) is 0 Å². The van der Waals surface area contributed by atoms with Gasteiger partial charge in [-0.05, 0) is 12.5 Å². The van der Waals surface area contributed by atoms with Crippen LogP contribution in [0.15, 0.2) is 23.6 Å². The predicted molar refractivity (Wildman–Crippen MR) is 49.6 cm³/mol. The van der Waals surface area contributed by atoms with Crippen molar-refractivity contribution in [2.75, 3.05) is 0 Å². The summed E-state index contributed by atoms with van der Waals surface area (Å²) in [6.45, 7) is 1.83. The van der Waals surface area contributed by atoms with E-state index < -0.39 is 11.2 Å². The van der Waals surface area contributed by atoms with E-state index in [1.807, 2.05) is 6.92 Å². The highest BCUT2D eigenvalue weighted by atomic mass is 32.2. The second-order valence-corrected chi connectivity index (χ2v) is 3.55. The Balaban J connectivity index is 2.62. The number of hydrogen-bond donors (Lipinski definition) is 1. The molecule has 5 heteroatoms. The fourth-order valence-corrected chi connectivity index (χ4v) is 1.55. The number of thioether (sulfide) groups is 1. The van der Waals surface area contributed by atoms with Crippen molar-refractivity contribution in [1.29, 1.82) is 0 Å². The second kappa shape index (κ2) is 4.81. The molecule has 1 rings (SSSR count). The van der Waals surface area contributed by atoms with Crippen molar-refractivity contribution in [2.24, 2.45) is 0 Å². The molecule has 0 radical (unpaired) electrons. The Hall–Kier alpha value is -1.10. The van der Waals surface area contributed by atoms with Crippen LogP contribution < -0.4 is 0 Å². The summed E-state index contributed by atoms with van der Waals surface area (Å²) in [7, 11) is 0. The smallest absolute Gasteiger partial charge is 0.317 e. The van der Waals surface area contributed by atoms with Crippen molar-refractivity contribution in [3.05, 3.63) is 18.5 Å². The summed E-state index contributed by atoms with van der Waals surface area (Å²) < 4.78 is 0. The van der Waals surface area contributed by atoms with Crippen LogP contribution in [0, 0.1) is 0 Å². The van der Waals surface area contributed by atoms with Gasteiger partial charge in [0, 0.05) is 12.4 Å². The van der Waals surface area contributed by atoms with E-state index in [2.05, 4.69) is 9.97 Å². The Morgan fingerprint density at radius 1 is 1.62 bits per heavy atom. The Labute approximate surface area is 80.4 Å². The van der Waals surface area contributed by atoms with E-state index in [0.29, 0.717) is 11.6 Å². The first-order valence-electron chi connectivity index (χ1n) is 3.90. The molecule has 1 aromatic heterocycles. The van der Waals surface area contributed by atoms with E-state index >= 15 is 0 Å². The molecule has 1 unspecified atom stereocenters. The van der Waals surface area contributed by atoms with Gasteiger partial charge in [-0.3, -0.25) is 4.79 Å². The summed E-state index contributed by atoms with van der Waals surface area (Å²) >= 11 is 1.18. The van der Waals surface area contributed by atoms with Crippen molar-refractivity contribution in [2.45, 2.75) is 23.8 Å². The normalized spacial score (nSPS) is 12.4. The van der Waals surface area contributed by atoms with Crippen LogP contribution in [0.1, 0.15) is 13.3 Å². The molecule has 70 valence electrons. The van der Waals surface area contributed by atoms with Gasteiger partial charge in [-0.2, -0.15) is 0 Å². The van der Waals surface area contributed by atoms with Crippen LogP contribution in [0.4, 0.5) is 0 Å². The summed E-state index contributed by atoms with van der Waals surface area (Å²) in [6.07, 6.45) is 3.77. The van der Waals surface area contributed by atoms with Gasteiger partial charge >= 0.3 is 5.97 Å². The predicted octanol–water partition coefficient (Wildman–Crippen LogP) is 1.43. The van der Waals surface area contributed by atoms with Gasteiger partial charge < -0.3 is 5.11 Å². The van der Waals surface area contributed by atoms with Crippen LogP contribution in [0.5, 0.6) is 0 Å². The molecule has 0 fully saturated rings. The number of carboxylic acid groups (broad SMARTS) is 1. The van der Waals surface area contributed by atoms with Crippen LogP contribution in [-0.4, -0.2) is 26.3 Å². The molecule has 0 aliphatic rings. The molecule has 0 aromatic carbocycles. The first-order chi connectivity index (χ1) is 6.24. The van der Waals surface area contributed by atoms with Gasteiger partial charge in [-0.15, -0.1) is 0 Å². The fraction of sp³-hybridized carbons (Fsp3) is 0.375. The number of nitrogens with zero attached hydrogens (tertiary/aromatic N) is 2. The lowest BCUT2D eigenvalue weighted by Crippen LogP contribution is -2.15. The average molecular weight is 198 g/mol. The maximum absolute atomic E-state index is 10.7. The van der Waals surface area contributed by atoms with E-state index in [4.69, 9.17) is 5.11 Å². The molecule has 1 aromatic rings. The molecule has 1 heterocycles. The van der Waals surface area contributed by atoms with Crippen LogP contribution in [0.2, 0.25) is 0 Å². The minimum atomic E-state index is -0.819. The number of aromatic nitrogens is 2. The number of carbonyl (C=O) groups is 1. The summed E-state index contributed by atoms with van der Waals surface area (Å²) in [5, 5.41) is 8.81. The van der Waals surface area contributed by atoms with Crippen molar-refractivity contribution in [3.8, 4) is 0 Å². The minimum Gasteiger partial charge on any atom is -0.480 e. The molecular formula is C8H10N2O2S. The van der Waals surface area contributed by atoms with Gasteiger partial charge in [0.15, 0.2) is 5.16 Å². The number of hydrogen-bond acceptors (Lipinski definition) is 4. The Morgan fingerprint density at radius 3 is 2.69 bits per heavy atom. The molecule has 0 aliphatic heterocycles. The van der Waals surface area contributed by atoms with Gasteiger partial charge in [0.05, 0.1) is 0 Å². The largest absolute Gasteiger partial charge is 0.480 e. The SMILES string of the molecule is CCC(Sc1ncccn1)C(=O)O. The Kier molecular flexibility index (Phi) is 3.70. The highest BCUT2D eigenvalue weighted by Gasteiger charge is 2.17. The molecule has 0 aliphatic carbocycles. The van der Waals surface area contributed by atoms with Crippen molar-refractivity contribution in [1.82, 2.24) is 9.97 Å². The van der Waals surface area contributed by atoms with Crippen molar-refractivity contribution < 1.29 is 9.90 Å². The van der Waals surface area contributed by atoms with Crippen LogP contribution in [-0.2, 0) is 4.79 Å². The maximum atomic E-state index is 10.7. The molecule has 0 saturated carbocycles. The summed E-state index contributed by atoms with van der Waals surface area (Å²) in [5.41, 5.74) is 0. The first kappa shape index (κ1) is 9.98. The van der Waals surface area contributed by atoms with E-state index in [0.717, 1.165) is 0 Å². The molecular weight excluding hydrogens is 188 g/mol. The highest BCUT2D eigenvalue weighted by Crippen LogP contribution is 2.20. The van der Waals surface area contributed by atoms with Gasteiger partial charge in [-0.1, -0.05) is 18.7 Å². The van der Waals surface area contributed by atoms with Crippen molar-refractivity contribution >= 4 is 17.7 Å². The lowest BCUT2D eigenvalue weighted by Gasteiger charge is -2.06. The lowest BCUT2D eigenvalue weighted by atomic mass is 10.3. The highest BCUT2D eigenvalue weighted by molar-refractivity contribution is 8.00. The maximum Gasteiger partial charge on any atom is 0.317 e. The summed E-state index contributed by atoms with van der Waals surface area (Å²) in [4.78, 5) is 18.5. The van der Waals surface area contributed by atoms with E-state index in [-0.39, 0.29) is 0 Å². The third kappa shape index (κ3) is 3.02. The molecule has 0 amide bonds. The van der Waals surface area contributed by atoms with Gasteiger partial charge in [-0.25, -0.2) is 9.97 Å². The zero-order valence-electron chi connectivity index (χ0n) is 7.17. The summed E-state index contributed by atoms with van der Waals surface area (Å²) in [6, 6.07) is 1.70. The van der Waals surface area contributed by atoms with Gasteiger partial charge in [0.2, 0.25) is 0 Å². The van der Waals surface area contributed by atoms with Gasteiger partial charge in [0.1, 0.15) is 5.25 Å². The van der Waals surface area contributed by atoms with Crippen LogP contribution in [0.3, 0.4) is 0 Å². The number of carboxylic acids is 1. The van der Waals surface area contributed by atoms with E-state index in [9.17, 15) is 4.79 Å². The second-order valence-electron chi connectivity index (χ2n) is 2.38. The Morgan fingerprint density at radius 2 is 2.23 bits per heavy atom. The van der Waals surface area contributed by atoms with E-state index in [1.165, 1.54) is 11.8 Å². The summed E-state index contributed by atoms with van der Waals surface area (Å²) in [5.74, 6) is -0.819. The number of rotatable bonds is 4. The zero-order chi connectivity index (χ0) is 9.68. The van der Waals surface area contributed by atoms with Gasteiger partial charge in [0.25, 0.3) is 0 Å². The molecule has 4 nitrogen and oxygen atoms in total. The Bertz CT molecular complexity index is 279. The molecule has 13 heavy (non-hydrogen) atoms. The first-order valence-corrected chi connectivity index (χ1v) is 4.78. The number of aliphatic carboxylic acids is 1. The molecule has 0 bridgehead atoms. The fourth-order valence-electron chi connectivity index (χ4n) is 0.782. The molecule has 0 spiro atoms. The molecule has 0 saturated heterocycles. The monoisotopic (exact) mass is 198 g/mol. The topological polar surface area (TPSA) is 63.1 Å².